The van der Waals surface area contributed by atoms with E-state index in [9.17, 15) is 0 Å². The number of nitrogens with zero attached hydrogens (tertiary/aromatic N) is 2. The van der Waals surface area contributed by atoms with Gasteiger partial charge in [-0.15, -0.1) is 0 Å². The van der Waals surface area contributed by atoms with Crippen molar-refractivity contribution in [2.24, 2.45) is 0 Å². The number of pyridine rings is 1. The van der Waals surface area contributed by atoms with Gasteiger partial charge < -0.3 is 15.2 Å². The van der Waals surface area contributed by atoms with Crippen LogP contribution in [0.2, 0.25) is 0 Å². The van der Waals surface area contributed by atoms with Crippen molar-refractivity contribution in [1.82, 2.24) is 15.3 Å². The molecule has 88 valence electrons. The number of nitrogens with one attached hydrogen (secondary N) is 2. The summed E-state index contributed by atoms with van der Waals surface area (Å²) in [6, 6.07) is 8.28. The molecule has 1 saturated heterocycles. The molecule has 1 fully saturated rings. The van der Waals surface area contributed by atoms with Crippen molar-refractivity contribution in [3.8, 4) is 11.3 Å². The van der Waals surface area contributed by atoms with Gasteiger partial charge in [-0.2, -0.15) is 0 Å². The zero-order valence-corrected chi connectivity index (χ0v) is 9.69. The van der Waals surface area contributed by atoms with E-state index < -0.39 is 0 Å². The van der Waals surface area contributed by atoms with Gasteiger partial charge in [0, 0.05) is 49.8 Å². The number of hydrogen-bond acceptors (Lipinski definition) is 3. The van der Waals surface area contributed by atoms with Crippen LogP contribution in [-0.4, -0.2) is 36.1 Å². The Labute approximate surface area is 101 Å². The number of rotatable bonds is 2. The predicted molar refractivity (Wildman–Crippen MR) is 69.1 cm³/mol. The molecule has 3 rings (SSSR count). The topological polar surface area (TPSA) is 44.0 Å². The van der Waals surface area contributed by atoms with Gasteiger partial charge in [0.2, 0.25) is 0 Å². The lowest BCUT2D eigenvalue weighted by Gasteiger charge is -2.28. The molecule has 0 amide bonds. The van der Waals surface area contributed by atoms with Crippen LogP contribution in [0, 0.1) is 0 Å². The monoisotopic (exact) mass is 228 g/mol. The summed E-state index contributed by atoms with van der Waals surface area (Å²) in [5.74, 6) is 1.07. The van der Waals surface area contributed by atoms with Crippen molar-refractivity contribution in [2.75, 3.05) is 31.1 Å². The molecule has 2 N–H and O–H groups in total. The minimum atomic E-state index is 1.04. The lowest BCUT2D eigenvalue weighted by Crippen LogP contribution is -2.43. The lowest BCUT2D eigenvalue weighted by atomic mass is 10.2. The van der Waals surface area contributed by atoms with Gasteiger partial charge in [0.25, 0.3) is 0 Å². The Morgan fingerprint density at radius 2 is 2.00 bits per heavy atom. The van der Waals surface area contributed by atoms with E-state index in [0.29, 0.717) is 0 Å². The summed E-state index contributed by atoms with van der Waals surface area (Å²) in [5.41, 5.74) is 2.25. The summed E-state index contributed by atoms with van der Waals surface area (Å²) < 4.78 is 0. The largest absolute Gasteiger partial charge is 0.361 e. The average Bonchev–Trinajstić information content (AvgIpc) is 2.94. The summed E-state index contributed by atoms with van der Waals surface area (Å²) in [6.45, 7) is 4.16. The Morgan fingerprint density at radius 1 is 1.12 bits per heavy atom. The molecular weight excluding hydrogens is 212 g/mol. The van der Waals surface area contributed by atoms with E-state index in [0.717, 1.165) is 43.3 Å². The maximum Gasteiger partial charge on any atom is 0.128 e. The first-order chi connectivity index (χ1) is 8.43. The van der Waals surface area contributed by atoms with Crippen LogP contribution in [0.25, 0.3) is 11.3 Å². The van der Waals surface area contributed by atoms with Crippen LogP contribution in [0.4, 0.5) is 5.82 Å². The SMILES string of the molecule is c1c[nH]c(-c2ccc(N3CCNCC3)nc2)c1. The molecule has 0 aliphatic carbocycles. The third-order valence-corrected chi connectivity index (χ3v) is 3.10. The van der Waals surface area contributed by atoms with E-state index in [1.54, 1.807) is 0 Å². The summed E-state index contributed by atoms with van der Waals surface area (Å²) in [5, 5.41) is 3.34. The fourth-order valence-corrected chi connectivity index (χ4v) is 2.14. The highest BCUT2D eigenvalue weighted by Crippen LogP contribution is 2.19. The minimum absolute atomic E-state index is 1.04. The van der Waals surface area contributed by atoms with Crippen molar-refractivity contribution in [3.05, 3.63) is 36.7 Å². The highest BCUT2D eigenvalue weighted by molar-refractivity contribution is 5.60. The van der Waals surface area contributed by atoms with Crippen LogP contribution in [-0.2, 0) is 0 Å². The van der Waals surface area contributed by atoms with E-state index >= 15 is 0 Å². The number of aromatic amines is 1. The Kier molecular flexibility index (Phi) is 2.80. The molecule has 0 aromatic carbocycles. The third-order valence-electron chi connectivity index (χ3n) is 3.10. The fraction of sp³-hybridized carbons (Fsp3) is 0.308. The molecule has 2 aromatic rings. The standard InChI is InChI=1S/C13H16N4/c1-2-12(15-5-1)11-3-4-13(16-10-11)17-8-6-14-7-9-17/h1-5,10,14-15H,6-9H2. The predicted octanol–water partition coefficient (Wildman–Crippen LogP) is 1.49. The molecule has 17 heavy (non-hydrogen) atoms. The van der Waals surface area contributed by atoms with Gasteiger partial charge in [-0.05, 0) is 24.3 Å². The Balaban J connectivity index is 1.80. The molecular formula is C13H16N4. The maximum absolute atomic E-state index is 4.54. The van der Waals surface area contributed by atoms with Gasteiger partial charge in [0.05, 0.1) is 0 Å². The molecule has 1 aliphatic rings. The first-order valence-corrected chi connectivity index (χ1v) is 5.99. The van der Waals surface area contributed by atoms with Crippen LogP contribution in [0.15, 0.2) is 36.7 Å². The molecule has 4 nitrogen and oxygen atoms in total. The molecule has 2 aromatic heterocycles. The van der Waals surface area contributed by atoms with Gasteiger partial charge in [0.1, 0.15) is 5.82 Å². The second-order valence-electron chi connectivity index (χ2n) is 4.23. The first-order valence-electron chi connectivity index (χ1n) is 5.99. The van der Waals surface area contributed by atoms with E-state index in [1.165, 1.54) is 0 Å². The Morgan fingerprint density at radius 3 is 2.65 bits per heavy atom. The molecule has 4 heteroatoms. The fourth-order valence-electron chi connectivity index (χ4n) is 2.14. The van der Waals surface area contributed by atoms with Gasteiger partial charge in [-0.1, -0.05) is 0 Å². The second kappa shape index (κ2) is 4.59. The van der Waals surface area contributed by atoms with Crippen molar-refractivity contribution >= 4 is 5.82 Å². The second-order valence-corrected chi connectivity index (χ2v) is 4.23. The smallest absolute Gasteiger partial charge is 0.128 e. The zero-order valence-electron chi connectivity index (χ0n) is 9.69. The van der Waals surface area contributed by atoms with Crippen LogP contribution in [0.3, 0.4) is 0 Å². The van der Waals surface area contributed by atoms with Crippen LogP contribution < -0.4 is 10.2 Å². The Hall–Kier alpha value is -1.81. The summed E-state index contributed by atoms with van der Waals surface area (Å²) >= 11 is 0. The van der Waals surface area contributed by atoms with E-state index in [4.69, 9.17) is 0 Å². The van der Waals surface area contributed by atoms with Crippen molar-refractivity contribution < 1.29 is 0 Å². The van der Waals surface area contributed by atoms with Gasteiger partial charge >= 0.3 is 0 Å². The molecule has 0 atom stereocenters. The number of piperazine rings is 1. The minimum Gasteiger partial charge on any atom is -0.361 e. The highest BCUT2D eigenvalue weighted by atomic mass is 15.2. The highest BCUT2D eigenvalue weighted by Gasteiger charge is 2.11. The van der Waals surface area contributed by atoms with E-state index in [-0.39, 0.29) is 0 Å². The molecule has 0 bridgehead atoms. The number of aromatic nitrogens is 2. The number of hydrogen-bond donors (Lipinski definition) is 2. The normalized spacial score (nSPS) is 16.1. The molecule has 0 spiro atoms. The van der Waals surface area contributed by atoms with Crippen molar-refractivity contribution in [1.29, 1.82) is 0 Å². The van der Waals surface area contributed by atoms with E-state index in [2.05, 4.69) is 38.4 Å². The van der Waals surface area contributed by atoms with Crippen molar-refractivity contribution in [3.63, 3.8) is 0 Å². The lowest BCUT2D eigenvalue weighted by molar-refractivity contribution is 0.585. The molecule has 0 saturated carbocycles. The maximum atomic E-state index is 4.54. The van der Waals surface area contributed by atoms with Crippen LogP contribution >= 0.6 is 0 Å². The summed E-state index contributed by atoms with van der Waals surface area (Å²) in [4.78, 5) is 10.0. The average molecular weight is 228 g/mol. The zero-order chi connectivity index (χ0) is 11.5. The molecule has 1 aliphatic heterocycles. The number of H-pyrrole nitrogens is 1. The van der Waals surface area contributed by atoms with E-state index in [1.807, 2.05) is 18.5 Å². The van der Waals surface area contributed by atoms with Gasteiger partial charge in [-0.25, -0.2) is 4.98 Å². The van der Waals surface area contributed by atoms with Crippen LogP contribution in [0.5, 0.6) is 0 Å². The Bertz CT molecular complexity index is 455. The van der Waals surface area contributed by atoms with Crippen molar-refractivity contribution in [2.45, 2.75) is 0 Å². The summed E-state index contributed by atoms with van der Waals surface area (Å²) in [6.07, 6.45) is 3.86. The third kappa shape index (κ3) is 2.17. The number of anilines is 1. The first kappa shape index (κ1) is 10.4. The van der Waals surface area contributed by atoms with Gasteiger partial charge in [0.15, 0.2) is 0 Å². The van der Waals surface area contributed by atoms with Gasteiger partial charge in [-0.3, -0.25) is 0 Å². The molecule has 3 heterocycles. The summed E-state index contributed by atoms with van der Waals surface area (Å²) in [7, 11) is 0. The quantitative estimate of drug-likeness (QED) is 0.818. The van der Waals surface area contributed by atoms with Crippen LogP contribution in [0.1, 0.15) is 0 Å². The molecule has 0 unspecified atom stereocenters. The molecule has 0 radical (unpaired) electrons.